The third-order valence-corrected chi connectivity index (χ3v) is 5.60. The van der Waals surface area contributed by atoms with Crippen molar-refractivity contribution in [2.45, 2.75) is 32.7 Å². The number of ether oxygens (including phenoxy) is 2. The molecule has 2 amide bonds. The van der Waals surface area contributed by atoms with Gasteiger partial charge in [0, 0.05) is 24.2 Å². The fourth-order valence-corrected chi connectivity index (χ4v) is 4.12. The van der Waals surface area contributed by atoms with Gasteiger partial charge < -0.3 is 19.7 Å². The summed E-state index contributed by atoms with van der Waals surface area (Å²) in [5.74, 6) is 0.964. The van der Waals surface area contributed by atoms with Gasteiger partial charge in [0.15, 0.2) is 11.5 Å². The maximum atomic E-state index is 12.5. The molecule has 2 aliphatic rings. The monoisotopic (exact) mass is 388 g/mol. The third kappa shape index (κ3) is 3.46. The predicted molar refractivity (Wildman–Crippen MR) is 99.0 cm³/mol. The first kappa shape index (κ1) is 17.7. The Morgan fingerprint density at radius 2 is 2.07 bits per heavy atom. The molecule has 1 atom stereocenters. The molecule has 3 heterocycles. The molecule has 1 aromatic carbocycles. The van der Waals surface area contributed by atoms with Crippen molar-refractivity contribution in [3.05, 3.63) is 28.2 Å². The van der Waals surface area contributed by atoms with Gasteiger partial charge in [-0.15, -0.1) is 10.2 Å². The molecule has 2 aromatic rings. The van der Waals surface area contributed by atoms with E-state index in [-0.39, 0.29) is 35.6 Å². The van der Waals surface area contributed by atoms with Crippen molar-refractivity contribution in [3.8, 4) is 11.5 Å². The van der Waals surface area contributed by atoms with E-state index in [2.05, 4.69) is 15.5 Å². The number of hydrogen-bond acceptors (Lipinski definition) is 7. The van der Waals surface area contributed by atoms with Crippen LogP contribution in [-0.4, -0.2) is 40.2 Å². The van der Waals surface area contributed by atoms with Crippen LogP contribution in [0.25, 0.3) is 0 Å². The molecule has 142 valence electrons. The Morgan fingerprint density at radius 1 is 1.26 bits per heavy atom. The first-order chi connectivity index (χ1) is 13.0. The highest BCUT2D eigenvalue weighted by Gasteiger charge is 2.34. The second-order valence-electron chi connectivity index (χ2n) is 6.81. The van der Waals surface area contributed by atoms with Crippen molar-refractivity contribution in [2.75, 3.05) is 18.7 Å². The van der Waals surface area contributed by atoms with E-state index in [9.17, 15) is 9.59 Å². The summed E-state index contributed by atoms with van der Waals surface area (Å²) in [4.78, 5) is 26.7. The van der Waals surface area contributed by atoms with Crippen LogP contribution in [0.4, 0.5) is 5.69 Å². The number of nitrogens with zero attached hydrogens (tertiary/aromatic N) is 3. The minimum absolute atomic E-state index is 0.0627. The molecule has 1 fully saturated rings. The minimum atomic E-state index is -0.336. The molecule has 27 heavy (non-hydrogen) atoms. The van der Waals surface area contributed by atoms with Gasteiger partial charge in [0.1, 0.15) is 5.01 Å². The summed E-state index contributed by atoms with van der Waals surface area (Å²) in [6.45, 7) is 4.68. The lowest BCUT2D eigenvalue weighted by molar-refractivity contribution is -0.135. The average molecular weight is 388 g/mol. The molecule has 4 rings (SSSR count). The van der Waals surface area contributed by atoms with Gasteiger partial charge in [-0.2, -0.15) is 0 Å². The van der Waals surface area contributed by atoms with Crippen LogP contribution in [0, 0.1) is 5.92 Å². The quantitative estimate of drug-likeness (QED) is 0.866. The molecule has 0 bridgehead atoms. The number of rotatable bonds is 4. The Kier molecular flexibility index (Phi) is 4.69. The first-order valence-corrected chi connectivity index (χ1v) is 9.69. The van der Waals surface area contributed by atoms with Crippen molar-refractivity contribution >= 4 is 28.8 Å². The fraction of sp³-hybridized carbons (Fsp3) is 0.444. The second-order valence-corrected chi connectivity index (χ2v) is 7.82. The van der Waals surface area contributed by atoms with Crippen LogP contribution in [0.5, 0.6) is 11.5 Å². The van der Waals surface area contributed by atoms with Gasteiger partial charge in [-0.25, -0.2) is 0 Å². The summed E-state index contributed by atoms with van der Waals surface area (Å²) in [5.41, 5.74) is 0.596. The molecule has 0 aliphatic carbocycles. The number of fused-ring (bicyclic) bond motifs is 1. The second kappa shape index (κ2) is 7.15. The lowest BCUT2D eigenvalue weighted by Gasteiger charge is -2.24. The lowest BCUT2D eigenvalue weighted by Crippen LogP contribution is -2.33. The van der Waals surface area contributed by atoms with Crippen molar-refractivity contribution in [1.29, 1.82) is 0 Å². The molecule has 0 unspecified atom stereocenters. The molecule has 2 aliphatic heterocycles. The predicted octanol–water partition coefficient (Wildman–Crippen LogP) is 2.84. The number of nitrogens with one attached hydrogen (secondary N) is 1. The molecule has 8 nitrogen and oxygen atoms in total. The van der Waals surface area contributed by atoms with E-state index in [1.807, 2.05) is 18.7 Å². The molecular formula is C18H20N4O4S. The van der Waals surface area contributed by atoms with Gasteiger partial charge in [0.05, 0.1) is 6.04 Å². The number of hydrogen-bond donors (Lipinski definition) is 1. The fourth-order valence-electron chi connectivity index (χ4n) is 3.24. The van der Waals surface area contributed by atoms with Crippen LogP contribution in [0.3, 0.4) is 0 Å². The maximum absolute atomic E-state index is 12.5. The number of benzene rings is 1. The number of anilines is 1. The zero-order chi connectivity index (χ0) is 19.0. The molecule has 1 N–H and O–H groups in total. The first-order valence-electron chi connectivity index (χ1n) is 8.88. The van der Waals surface area contributed by atoms with Crippen molar-refractivity contribution in [1.82, 2.24) is 15.1 Å². The van der Waals surface area contributed by atoms with E-state index in [0.717, 1.165) is 19.4 Å². The third-order valence-electron chi connectivity index (χ3n) is 4.58. The van der Waals surface area contributed by atoms with Crippen LogP contribution in [-0.2, 0) is 4.79 Å². The van der Waals surface area contributed by atoms with Crippen LogP contribution in [0.15, 0.2) is 18.2 Å². The Balaban J connectivity index is 1.47. The molecule has 1 aromatic heterocycles. The SMILES string of the molecule is CC(C)C(=O)N1CCC[C@@H]1c1nnc(C(=O)Nc2ccc3c(c2)OCO3)s1. The summed E-state index contributed by atoms with van der Waals surface area (Å²) in [5, 5.41) is 12.0. The number of aromatic nitrogens is 2. The van der Waals surface area contributed by atoms with Gasteiger partial charge in [-0.05, 0) is 25.0 Å². The molecule has 0 saturated carbocycles. The van der Waals surface area contributed by atoms with Crippen LogP contribution in [0.1, 0.15) is 47.5 Å². The number of amides is 2. The number of carbonyl (C=O) groups is 2. The molecule has 0 radical (unpaired) electrons. The van der Waals surface area contributed by atoms with Crippen LogP contribution >= 0.6 is 11.3 Å². The van der Waals surface area contributed by atoms with Gasteiger partial charge >= 0.3 is 0 Å². The Morgan fingerprint density at radius 3 is 2.89 bits per heavy atom. The zero-order valence-corrected chi connectivity index (χ0v) is 15.9. The zero-order valence-electron chi connectivity index (χ0n) is 15.1. The Labute approximate surface area is 160 Å². The summed E-state index contributed by atoms with van der Waals surface area (Å²) >= 11 is 1.23. The number of likely N-dealkylation sites (tertiary alicyclic amines) is 1. The molecule has 9 heteroatoms. The van der Waals surface area contributed by atoms with E-state index in [1.54, 1.807) is 18.2 Å². The van der Waals surface area contributed by atoms with Gasteiger partial charge in [0.25, 0.3) is 5.91 Å². The number of carbonyl (C=O) groups excluding carboxylic acids is 2. The van der Waals surface area contributed by atoms with Gasteiger partial charge in [-0.1, -0.05) is 25.2 Å². The standard InChI is InChI=1S/C18H20N4O4S/c1-10(2)18(24)22-7-3-4-12(22)16-20-21-17(27-16)15(23)19-11-5-6-13-14(8-11)26-9-25-13/h5-6,8,10,12H,3-4,7,9H2,1-2H3,(H,19,23)/t12-/m1/s1. The highest BCUT2D eigenvalue weighted by Crippen LogP contribution is 2.36. The largest absolute Gasteiger partial charge is 0.454 e. The average Bonchev–Trinajstić information content (AvgIpc) is 3.39. The molecule has 0 spiro atoms. The van der Waals surface area contributed by atoms with Gasteiger partial charge in [-0.3, -0.25) is 9.59 Å². The van der Waals surface area contributed by atoms with E-state index in [4.69, 9.17) is 9.47 Å². The highest BCUT2D eigenvalue weighted by atomic mass is 32.1. The normalized spacial score (nSPS) is 18.2. The van der Waals surface area contributed by atoms with Crippen molar-refractivity contribution < 1.29 is 19.1 Å². The Bertz CT molecular complexity index is 882. The van der Waals surface area contributed by atoms with Crippen LogP contribution in [0.2, 0.25) is 0 Å². The van der Waals surface area contributed by atoms with E-state index < -0.39 is 0 Å². The maximum Gasteiger partial charge on any atom is 0.286 e. The Hall–Kier alpha value is -2.68. The lowest BCUT2D eigenvalue weighted by atomic mass is 10.1. The van der Waals surface area contributed by atoms with E-state index >= 15 is 0 Å². The van der Waals surface area contributed by atoms with Crippen molar-refractivity contribution in [3.63, 3.8) is 0 Å². The summed E-state index contributed by atoms with van der Waals surface area (Å²) < 4.78 is 10.6. The summed E-state index contributed by atoms with van der Waals surface area (Å²) in [7, 11) is 0. The minimum Gasteiger partial charge on any atom is -0.454 e. The summed E-state index contributed by atoms with van der Waals surface area (Å²) in [6, 6.07) is 5.11. The summed E-state index contributed by atoms with van der Waals surface area (Å²) in [6.07, 6.45) is 1.78. The smallest absolute Gasteiger partial charge is 0.286 e. The van der Waals surface area contributed by atoms with Gasteiger partial charge in [0.2, 0.25) is 17.7 Å². The highest BCUT2D eigenvalue weighted by molar-refractivity contribution is 7.13. The van der Waals surface area contributed by atoms with E-state index in [1.165, 1.54) is 11.3 Å². The molecule has 1 saturated heterocycles. The topological polar surface area (TPSA) is 93.7 Å². The van der Waals surface area contributed by atoms with Crippen LogP contribution < -0.4 is 14.8 Å². The van der Waals surface area contributed by atoms with E-state index in [0.29, 0.717) is 22.2 Å². The van der Waals surface area contributed by atoms with Crippen molar-refractivity contribution in [2.24, 2.45) is 5.92 Å². The molecular weight excluding hydrogens is 368 g/mol.